The molecule has 0 radical (unpaired) electrons. The fraction of sp³-hybridized carbons (Fsp3) is 0.444. The van der Waals surface area contributed by atoms with Crippen LogP contribution in [0.25, 0.3) is 0 Å². The van der Waals surface area contributed by atoms with E-state index in [1.165, 1.54) is 0 Å². The van der Waals surface area contributed by atoms with E-state index < -0.39 is 0 Å². The van der Waals surface area contributed by atoms with Crippen molar-refractivity contribution >= 4 is 17.6 Å². The number of carbonyl (C=O) groups excluding carboxylic acids is 2. The van der Waals surface area contributed by atoms with Crippen molar-refractivity contribution in [3.05, 3.63) is 11.1 Å². The van der Waals surface area contributed by atoms with Gasteiger partial charge >= 0.3 is 0 Å². The van der Waals surface area contributed by atoms with Gasteiger partial charge in [-0.05, 0) is 13.8 Å². The lowest BCUT2D eigenvalue weighted by molar-refractivity contribution is -0.132. The molecule has 2 aliphatic heterocycles. The van der Waals surface area contributed by atoms with Crippen LogP contribution < -0.4 is 5.43 Å². The monoisotopic (exact) mass is 193 g/mol. The summed E-state index contributed by atoms with van der Waals surface area (Å²) in [5.41, 5.74) is 3.78. The van der Waals surface area contributed by atoms with Crippen LogP contribution in [0.3, 0.4) is 0 Å². The topological polar surface area (TPSA) is 61.8 Å². The summed E-state index contributed by atoms with van der Waals surface area (Å²) in [6.45, 7) is 4.02. The third kappa shape index (κ3) is 1.05. The van der Waals surface area contributed by atoms with Crippen molar-refractivity contribution in [1.82, 2.24) is 10.3 Å². The zero-order valence-corrected chi connectivity index (χ0v) is 8.13. The molecule has 74 valence electrons. The smallest absolute Gasteiger partial charge is 0.262 e. The Balaban J connectivity index is 2.33. The van der Waals surface area contributed by atoms with E-state index in [0.717, 1.165) is 4.90 Å². The molecular formula is C9H11N3O2. The number of hydrazone groups is 1. The molecule has 0 spiro atoms. The van der Waals surface area contributed by atoms with Crippen molar-refractivity contribution in [2.24, 2.45) is 5.10 Å². The summed E-state index contributed by atoms with van der Waals surface area (Å²) < 4.78 is 0. The first kappa shape index (κ1) is 8.93. The Hall–Kier alpha value is -1.65. The van der Waals surface area contributed by atoms with Gasteiger partial charge in [-0.15, -0.1) is 0 Å². The molecule has 0 aromatic rings. The summed E-state index contributed by atoms with van der Waals surface area (Å²) in [6, 6.07) is 0. The Bertz CT molecular complexity index is 358. The van der Waals surface area contributed by atoms with Crippen molar-refractivity contribution in [2.45, 2.75) is 20.3 Å². The Morgan fingerprint density at radius 3 is 2.21 bits per heavy atom. The van der Waals surface area contributed by atoms with Gasteiger partial charge in [0.2, 0.25) is 0 Å². The lowest BCUT2D eigenvalue weighted by Crippen LogP contribution is -2.36. The molecule has 2 aliphatic rings. The minimum Gasteiger partial charge on any atom is -0.308 e. The van der Waals surface area contributed by atoms with Gasteiger partial charge in [-0.2, -0.15) is 5.10 Å². The van der Waals surface area contributed by atoms with Gasteiger partial charge in [0.05, 0.1) is 0 Å². The Kier molecular flexibility index (Phi) is 1.87. The van der Waals surface area contributed by atoms with Crippen LogP contribution in [-0.4, -0.2) is 29.1 Å². The summed E-state index contributed by atoms with van der Waals surface area (Å²) >= 11 is 0. The van der Waals surface area contributed by atoms with Crippen LogP contribution in [0.2, 0.25) is 0 Å². The highest BCUT2D eigenvalue weighted by atomic mass is 16.2. The summed E-state index contributed by atoms with van der Waals surface area (Å²) in [6.07, 6.45) is 0.623. The average Bonchev–Trinajstić information content (AvgIpc) is 2.73. The fourth-order valence-corrected chi connectivity index (χ4v) is 1.52. The van der Waals surface area contributed by atoms with E-state index in [4.69, 9.17) is 0 Å². The zero-order chi connectivity index (χ0) is 10.3. The number of imide groups is 1. The molecule has 0 bridgehead atoms. The van der Waals surface area contributed by atoms with Crippen LogP contribution in [0.5, 0.6) is 0 Å². The third-order valence-corrected chi connectivity index (χ3v) is 2.54. The van der Waals surface area contributed by atoms with Crippen molar-refractivity contribution in [3.8, 4) is 0 Å². The van der Waals surface area contributed by atoms with Crippen molar-refractivity contribution < 1.29 is 9.59 Å². The molecule has 2 rings (SSSR count). The first-order chi connectivity index (χ1) is 6.63. The van der Waals surface area contributed by atoms with Crippen molar-refractivity contribution in [1.29, 1.82) is 0 Å². The van der Waals surface area contributed by atoms with Gasteiger partial charge < -0.3 is 5.43 Å². The van der Waals surface area contributed by atoms with E-state index in [9.17, 15) is 9.59 Å². The number of amidine groups is 1. The summed E-state index contributed by atoms with van der Waals surface area (Å²) in [4.78, 5) is 24.5. The number of nitrogens with one attached hydrogen (secondary N) is 1. The van der Waals surface area contributed by atoms with Crippen LogP contribution in [0.15, 0.2) is 16.2 Å². The quantitative estimate of drug-likeness (QED) is 0.551. The van der Waals surface area contributed by atoms with Crippen LogP contribution in [0.4, 0.5) is 0 Å². The summed E-state index contributed by atoms with van der Waals surface area (Å²) in [5.74, 6) is 0.0427. The van der Waals surface area contributed by atoms with Crippen molar-refractivity contribution in [3.63, 3.8) is 0 Å². The van der Waals surface area contributed by atoms with E-state index >= 15 is 0 Å². The SMILES string of the molecule is CC1=C(C)C(=O)N(C2=NNCC2)C1=O. The largest absolute Gasteiger partial charge is 0.308 e. The highest BCUT2D eigenvalue weighted by Crippen LogP contribution is 2.21. The Labute approximate surface area is 81.5 Å². The van der Waals surface area contributed by atoms with E-state index in [2.05, 4.69) is 10.5 Å². The van der Waals surface area contributed by atoms with Gasteiger partial charge in [-0.25, -0.2) is 4.90 Å². The highest BCUT2D eigenvalue weighted by molar-refractivity contribution is 6.27. The van der Waals surface area contributed by atoms with E-state index in [1.807, 2.05) is 0 Å². The molecule has 14 heavy (non-hydrogen) atoms. The predicted molar refractivity (Wildman–Crippen MR) is 50.3 cm³/mol. The minimum absolute atomic E-state index is 0.241. The minimum atomic E-state index is -0.241. The summed E-state index contributed by atoms with van der Waals surface area (Å²) in [5, 5.41) is 3.91. The first-order valence-electron chi connectivity index (χ1n) is 4.48. The van der Waals surface area contributed by atoms with E-state index in [1.54, 1.807) is 13.8 Å². The summed E-state index contributed by atoms with van der Waals surface area (Å²) in [7, 11) is 0. The molecule has 5 nitrogen and oxygen atoms in total. The predicted octanol–water partition coefficient (Wildman–Crippen LogP) is -0.00160. The number of carbonyl (C=O) groups is 2. The van der Waals surface area contributed by atoms with Gasteiger partial charge in [0, 0.05) is 24.1 Å². The molecule has 0 saturated heterocycles. The molecule has 2 heterocycles. The number of hydrogen-bond donors (Lipinski definition) is 1. The zero-order valence-electron chi connectivity index (χ0n) is 8.13. The van der Waals surface area contributed by atoms with Gasteiger partial charge in [-0.1, -0.05) is 0 Å². The molecule has 0 aliphatic carbocycles. The maximum Gasteiger partial charge on any atom is 0.262 e. The molecule has 0 fully saturated rings. The van der Waals surface area contributed by atoms with Gasteiger partial charge in [0.1, 0.15) is 5.84 Å². The van der Waals surface area contributed by atoms with Crippen LogP contribution in [-0.2, 0) is 9.59 Å². The second-order valence-corrected chi connectivity index (χ2v) is 3.38. The van der Waals surface area contributed by atoms with Crippen LogP contribution in [0, 0.1) is 0 Å². The second-order valence-electron chi connectivity index (χ2n) is 3.38. The molecule has 0 atom stereocenters. The second kappa shape index (κ2) is 2.94. The van der Waals surface area contributed by atoms with Crippen molar-refractivity contribution in [2.75, 3.05) is 6.54 Å². The molecular weight excluding hydrogens is 182 g/mol. The maximum atomic E-state index is 11.7. The van der Waals surface area contributed by atoms with Gasteiger partial charge in [-0.3, -0.25) is 9.59 Å². The standard InChI is InChI=1S/C9H11N3O2/c1-5-6(2)9(14)12(8(5)13)7-3-4-10-11-7/h10H,3-4H2,1-2H3. The molecule has 0 aromatic heterocycles. The van der Waals surface area contributed by atoms with Gasteiger partial charge in [0.15, 0.2) is 0 Å². The number of rotatable bonds is 0. The molecule has 5 heteroatoms. The fourth-order valence-electron chi connectivity index (χ4n) is 1.52. The number of hydrogen-bond acceptors (Lipinski definition) is 4. The molecule has 0 aromatic carbocycles. The lowest BCUT2D eigenvalue weighted by atomic mass is 10.2. The highest BCUT2D eigenvalue weighted by Gasteiger charge is 2.37. The maximum absolute atomic E-state index is 11.7. The third-order valence-electron chi connectivity index (χ3n) is 2.54. The number of nitrogens with zero attached hydrogens (tertiary/aromatic N) is 2. The molecule has 2 amide bonds. The average molecular weight is 193 g/mol. The molecule has 0 saturated carbocycles. The Morgan fingerprint density at radius 2 is 1.79 bits per heavy atom. The normalized spacial score (nSPS) is 21.9. The lowest BCUT2D eigenvalue weighted by Gasteiger charge is -2.12. The van der Waals surface area contributed by atoms with E-state index in [-0.39, 0.29) is 11.8 Å². The molecule has 0 unspecified atom stereocenters. The Morgan fingerprint density at radius 1 is 1.21 bits per heavy atom. The number of amides is 2. The van der Waals surface area contributed by atoms with E-state index in [0.29, 0.717) is 29.9 Å². The van der Waals surface area contributed by atoms with Crippen LogP contribution in [0.1, 0.15) is 20.3 Å². The molecule has 1 N–H and O–H groups in total. The van der Waals surface area contributed by atoms with Crippen LogP contribution >= 0.6 is 0 Å². The van der Waals surface area contributed by atoms with Gasteiger partial charge in [0.25, 0.3) is 11.8 Å². The first-order valence-corrected chi connectivity index (χ1v) is 4.48.